The molecule has 0 saturated heterocycles. The van der Waals surface area contributed by atoms with Crippen LogP contribution in [0, 0.1) is 13.3 Å². The molecular formula is C12H20Ag2Cl2N4. The van der Waals surface area contributed by atoms with Crippen LogP contribution in [0.3, 0.4) is 0 Å². The standard InChI is InChI=1S/2C6H10N2.2Ag.2ClH/c2*1-3-8-5-4-7(2)6-8;;;;/h2*4-5H,3H2,1-2H3;;;2*1H/q;;2*+1;;/p-2. The van der Waals surface area contributed by atoms with Gasteiger partial charge in [-0.15, -0.1) is 0 Å². The fraction of sp³-hybridized carbons (Fsp3) is 0.500. The Labute approximate surface area is 156 Å². The summed E-state index contributed by atoms with van der Waals surface area (Å²) in [5, 5.41) is 0. The van der Waals surface area contributed by atoms with E-state index in [1.54, 1.807) is 0 Å². The van der Waals surface area contributed by atoms with Gasteiger partial charge in [-0.25, -0.2) is 0 Å². The fourth-order valence-corrected chi connectivity index (χ4v) is 1.25. The van der Waals surface area contributed by atoms with E-state index in [2.05, 4.69) is 85.5 Å². The Morgan fingerprint density at radius 2 is 1.05 bits per heavy atom. The van der Waals surface area contributed by atoms with Gasteiger partial charge in [-0.3, -0.25) is 0 Å². The van der Waals surface area contributed by atoms with Gasteiger partial charge in [-0.1, -0.05) is 0 Å². The molecule has 0 spiro atoms. The molecule has 0 atom stereocenters. The van der Waals surface area contributed by atoms with Crippen molar-refractivity contribution in [3.63, 3.8) is 0 Å². The number of hydrogen-bond acceptors (Lipinski definition) is 4. The van der Waals surface area contributed by atoms with E-state index in [9.17, 15) is 0 Å². The third kappa shape index (κ3) is 11.4. The van der Waals surface area contributed by atoms with E-state index in [1.165, 1.54) is 0 Å². The summed E-state index contributed by atoms with van der Waals surface area (Å²) in [7, 11) is 12.8. The first-order valence-corrected chi connectivity index (χ1v) is 9.58. The number of nitrogens with zero attached hydrogens (tertiary/aromatic N) is 4. The Hall–Kier alpha value is 0.741. The molecular weight excluding hydrogens is 487 g/mol. The topological polar surface area (TPSA) is 13.0 Å². The molecule has 2 heterocycles. The van der Waals surface area contributed by atoms with E-state index in [1.807, 2.05) is 58.5 Å². The van der Waals surface area contributed by atoms with Gasteiger partial charge in [0.2, 0.25) is 13.3 Å². The van der Waals surface area contributed by atoms with Crippen LogP contribution < -0.4 is 0 Å². The van der Waals surface area contributed by atoms with Crippen molar-refractivity contribution in [3.05, 3.63) is 38.1 Å². The molecule has 2 aliphatic heterocycles. The summed E-state index contributed by atoms with van der Waals surface area (Å²) in [6.07, 6.45) is 7.95. The molecule has 4 nitrogen and oxygen atoms in total. The van der Waals surface area contributed by atoms with Crippen molar-refractivity contribution < 1.29 is 40.0 Å². The fourth-order valence-electron chi connectivity index (χ4n) is 1.25. The van der Waals surface area contributed by atoms with E-state index < -0.39 is 0 Å². The number of hydrogen-bond donors (Lipinski definition) is 0. The Bertz CT molecular complexity index is 242. The SMILES string of the molecule is CCN1[C]N(C)C=C1.CCN1[C]N(C)C=C1.[Cl][Ag].[Cl][Ag]. The van der Waals surface area contributed by atoms with Gasteiger partial charge in [0.25, 0.3) is 0 Å². The third-order valence-corrected chi connectivity index (χ3v) is 2.19. The Morgan fingerprint density at radius 3 is 1.15 bits per heavy atom. The molecule has 0 aromatic heterocycles. The van der Waals surface area contributed by atoms with Gasteiger partial charge in [0.15, 0.2) is 0 Å². The first-order chi connectivity index (χ1) is 9.65. The van der Waals surface area contributed by atoms with E-state index in [0.29, 0.717) is 0 Å². The van der Waals surface area contributed by atoms with E-state index in [-0.39, 0.29) is 0 Å². The molecule has 0 bridgehead atoms. The van der Waals surface area contributed by atoms with Crippen LogP contribution in [0.15, 0.2) is 24.8 Å². The molecule has 124 valence electrons. The van der Waals surface area contributed by atoms with Crippen LogP contribution >= 0.6 is 18.4 Å². The van der Waals surface area contributed by atoms with E-state index in [0.717, 1.165) is 13.1 Å². The van der Waals surface area contributed by atoms with Gasteiger partial charge < -0.3 is 19.6 Å². The molecule has 0 aromatic rings. The summed E-state index contributed by atoms with van der Waals surface area (Å²) in [5.41, 5.74) is 0. The van der Waals surface area contributed by atoms with Crippen molar-refractivity contribution in [1.29, 1.82) is 0 Å². The molecule has 20 heavy (non-hydrogen) atoms. The zero-order chi connectivity index (χ0) is 16.0. The van der Waals surface area contributed by atoms with Gasteiger partial charge >= 0.3 is 58.4 Å². The van der Waals surface area contributed by atoms with E-state index >= 15 is 0 Å². The van der Waals surface area contributed by atoms with Crippen LogP contribution in [0.4, 0.5) is 0 Å². The zero-order valence-electron chi connectivity index (χ0n) is 11.9. The minimum atomic E-state index is 1.00. The summed E-state index contributed by atoms with van der Waals surface area (Å²) in [5.74, 6) is 0. The minimum absolute atomic E-state index is 1.00. The Kier molecular flexibility index (Phi) is 18.5. The Balaban J connectivity index is 0. The predicted molar refractivity (Wildman–Crippen MR) is 76.8 cm³/mol. The first kappa shape index (κ1) is 23.0. The summed E-state index contributed by atoms with van der Waals surface area (Å²) in [4.78, 5) is 7.81. The van der Waals surface area contributed by atoms with Crippen LogP contribution in [0.25, 0.3) is 0 Å². The van der Waals surface area contributed by atoms with Crippen molar-refractivity contribution >= 4 is 18.4 Å². The molecule has 0 unspecified atom stereocenters. The average molecular weight is 507 g/mol. The second kappa shape index (κ2) is 16.1. The maximum absolute atomic E-state index is 4.45. The second-order valence-electron chi connectivity index (χ2n) is 3.59. The number of rotatable bonds is 2. The molecule has 2 aliphatic rings. The summed E-state index contributed by atoms with van der Waals surface area (Å²) >= 11 is 4.84. The van der Waals surface area contributed by atoms with Crippen molar-refractivity contribution in [2.45, 2.75) is 13.8 Å². The molecule has 0 saturated carbocycles. The van der Waals surface area contributed by atoms with Crippen molar-refractivity contribution in [3.8, 4) is 0 Å². The molecule has 0 aliphatic carbocycles. The monoisotopic (exact) mass is 504 g/mol. The molecule has 0 aromatic carbocycles. The molecule has 4 radical (unpaired) electrons. The van der Waals surface area contributed by atoms with Crippen LogP contribution in [0.5, 0.6) is 0 Å². The third-order valence-electron chi connectivity index (χ3n) is 2.19. The quantitative estimate of drug-likeness (QED) is 0.534. The molecule has 0 amide bonds. The summed E-state index contributed by atoms with van der Waals surface area (Å²) in [6.45, 7) is 12.3. The maximum atomic E-state index is 4.45. The molecule has 8 heteroatoms. The normalized spacial score (nSPS) is 15.3. The molecule has 2 rings (SSSR count). The van der Waals surface area contributed by atoms with Crippen molar-refractivity contribution in [1.82, 2.24) is 19.6 Å². The van der Waals surface area contributed by atoms with Gasteiger partial charge in [0.05, 0.1) is 0 Å². The van der Waals surface area contributed by atoms with Crippen molar-refractivity contribution in [2.24, 2.45) is 0 Å². The van der Waals surface area contributed by atoms with Gasteiger partial charge in [-0.05, 0) is 13.8 Å². The Morgan fingerprint density at radius 1 is 0.750 bits per heavy atom. The van der Waals surface area contributed by atoms with Crippen LogP contribution in [-0.2, 0) is 40.0 Å². The molecule has 0 N–H and O–H groups in total. The van der Waals surface area contributed by atoms with Crippen LogP contribution in [0.1, 0.15) is 13.8 Å². The van der Waals surface area contributed by atoms with Crippen LogP contribution in [-0.4, -0.2) is 46.8 Å². The summed E-state index contributed by atoms with van der Waals surface area (Å²) < 4.78 is 0. The van der Waals surface area contributed by atoms with Gasteiger partial charge in [0.1, 0.15) is 0 Å². The van der Waals surface area contributed by atoms with E-state index in [4.69, 9.17) is 0 Å². The van der Waals surface area contributed by atoms with Crippen molar-refractivity contribution in [2.75, 3.05) is 27.2 Å². The zero-order valence-corrected chi connectivity index (χ0v) is 16.3. The first-order valence-electron chi connectivity index (χ1n) is 5.76. The second-order valence-corrected chi connectivity index (χ2v) is 3.59. The number of halogens is 2. The summed E-state index contributed by atoms with van der Waals surface area (Å²) in [6, 6.07) is 0. The average Bonchev–Trinajstić information content (AvgIpc) is 3.12. The molecule has 0 fully saturated rings. The predicted octanol–water partition coefficient (Wildman–Crippen LogP) is 2.82. The van der Waals surface area contributed by atoms with Gasteiger partial charge in [-0.2, -0.15) is 0 Å². The van der Waals surface area contributed by atoms with Gasteiger partial charge in [0, 0.05) is 52.0 Å². The van der Waals surface area contributed by atoms with Crippen LogP contribution in [0.2, 0.25) is 0 Å².